The Morgan fingerprint density at radius 2 is 1.93 bits per heavy atom. The molecule has 78 valence electrons. The maximum absolute atomic E-state index is 11.3. The molecule has 0 fully saturated rings. The van der Waals surface area contributed by atoms with Gasteiger partial charge in [-0.2, -0.15) is 0 Å². The normalized spacial score (nSPS) is 17.9. The fraction of sp³-hybridized carbons (Fsp3) is 0.250. The second kappa shape index (κ2) is 3.42. The van der Waals surface area contributed by atoms with Crippen LogP contribution in [0.1, 0.15) is 18.4 Å². The summed E-state index contributed by atoms with van der Waals surface area (Å²) in [6.45, 7) is 0. The van der Waals surface area contributed by atoms with Crippen LogP contribution in [0.2, 0.25) is 0 Å². The number of carboxylic acid groups (broad SMARTS) is 1. The number of phenols is 1. The van der Waals surface area contributed by atoms with Crippen molar-refractivity contribution in [3.8, 4) is 5.75 Å². The smallest absolute Gasteiger partial charge is 0.314 e. The van der Waals surface area contributed by atoms with Crippen LogP contribution in [0.5, 0.6) is 5.75 Å². The van der Waals surface area contributed by atoms with Gasteiger partial charge in [-0.3, -0.25) is 4.79 Å². The lowest BCUT2D eigenvalue weighted by Crippen LogP contribution is -2.32. The van der Waals surface area contributed by atoms with E-state index in [1.54, 1.807) is 18.2 Å². The van der Waals surface area contributed by atoms with Crippen LogP contribution < -0.4 is 0 Å². The van der Waals surface area contributed by atoms with Crippen molar-refractivity contribution < 1.29 is 15.0 Å². The summed E-state index contributed by atoms with van der Waals surface area (Å²) in [5, 5.41) is 18.6. The molecule has 1 aliphatic carbocycles. The monoisotopic (exact) mass is 204 g/mol. The molecule has 0 amide bonds. The van der Waals surface area contributed by atoms with Crippen LogP contribution in [0, 0.1) is 0 Å². The standard InChI is InChI=1S/C12H12O3/c13-10-5-3-4-9(8-10)12(11(14)15)6-1-2-7-12/h1-5,8,13H,6-7H2,(H,14,15). The summed E-state index contributed by atoms with van der Waals surface area (Å²) in [7, 11) is 0. The second-order valence-electron chi connectivity index (χ2n) is 3.82. The number of aliphatic carboxylic acids is 1. The predicted molar refractivity (Wildman–Crippen MR) is 55.8 cm³/mol. The molecule has 3 heteroatoms. The maximum atomic E-state index is 11.3. The molecular formula is C12H12O3. The largest absolute Gasteiger partial charge is 0.508 e. The highest BCUT2D eigenvalue weighted by atomic mass is 16.4. The van der Waals surface area contributed by atoms with E-state index < -0.39 is 11.4 Å². The van der Waals surface area contributed by atoms with Crippen LogP contribution in [0.4, 0.5) is 0 Å². The molecule has 0 atom stereocenters. The fourth-order valence-corrected chi connectivity index (χ4v) is 1.99. The minimum atomic E-state index is -0.876. The molecule has 1 aromatic rings. The maximum Gasteiger partial charge on any atom is 0.314 e. The molecule has 0 spiro atoms. The molecule has 0 unspecified atom stereocenters. The van der Waals surface area contributed by atoms with Gasteiger partial charge in [0.15, 0.2) is 0 Å². The van der Waals surface area contributed by atoms with Crippen molar-refractivity contribution in [3.63, 3.8) is 0 Å². The Morgan fingerprint density at radius 1 is 1.27 bits per heavy atom. The number of rotatable bonds is 2. The van der Waals surface area contributed by atoms with Crippen LogP contribution >= 0.6 is 0 Å². The minimum absolute atomic E-state index is 0.111. The van der Waals surface area contributed by atoms with Crippen LogP contribution in [0.3, 0.4) is 0 Å². The van der Waals surface area contributed by atoms with Gasteiger partial charge in [0, 0.05) is 0 Å². The van der Waals surface area contributed by atoms with Crippen molar-refractivity contribution >= 4 is 5.97 Å². The highest BCUT2D eigenvalue weighted by Crippen LogP contribution is 2.38. The molecule has 1 aliphatic rings. The number of phenolic OH excluding ortho intramolecular Hbond substituents is 1. The number of allylic oxidation sites excluding steroid dienone is 2. The topological polar surface area (TPSA) is 57.5 Å². The van der Waals surface area contributed by atoms with Gasteiger partial charge in [0.1, 0.15) is 5.75 Å². The molecule has 2 rings (SSSR count). The van der Waals surface area contributed by atoms with Gasteiger partial charge in [-0.15, -0.1) is 0 Å². The summed E-state index contributed by atoms with van der Waals surface area (Å²) in [6, 6.07) is 6.50. The third-order valence-electron chi connectivity index (χ3n) is 2.91. The second-order valence-corrected chi connectivity index (χ2v) is 3.82. The number of hydrogen-bond donors (Lipinski definition) is 2. The van der Waals surface area contributed by atoms with Gasteiger partial charge >= 0.3 is 5.97 Å². The first-order chi connectivity index (χ1) is 7.15. The molecule has 3 nitrogen and oxygen atoms in total. The van der Waals surface area contributed by atoms with Gasteiger partial charge in [-0.05, 0) is 30.5 Å². The van der Waals surface area contributed by atoms with Crippen molar-refractivity contribution in [3.05, 3.63) is 42.0 Å². The summed E-state index contributed by atoms with van der Waals surface area (Å²) in [5.74, 6) is -0.724. The molecule has 15 heavy (non-hydrogen) atoms. The Balaban J connectivity index is 2.46. The average Bonchev–Trinajstić information content (AvgIpc) is 2.67. The van der Waals surface area contributed by atoms with E-state index in [0.717, 1.165) is 0 Å². The van der Waals surface area contributed by atoms with Crippen molar-refractivity contribution in [2.75, 3.05) is 0 Å². The SMILES string of the molecule is O=C(O)C1(c2cccc(O)c2)CC=CC1. The Hall–Kier alpha value is -1.77. The van der Waals surface area contributed by atoms with Crippen molar-refractivity contribution in [2.45, 2.75) is 18.3 Å². The van der Waals surface area contributed by atoms with Crippen molar-refractivity contribution in [2.24, 2.45) is 0 Å². The zero-order valence-electron chi connectivity index (χ0n) is 8.18. The van der Waals surface area contributed by atoms with Crippen LogP contribution in [-0.4, -0.2) is 16.2 Å². The van der Waals surface area contributed by atoms with E-state index in [-0.39, 0.29) is 5.75 Å². The molecule has 0 aromatic heterocycles. The summed E-state index contributed by atoms with van der Waals surface area (Å²) in [5.41, 5.74) is -0.210. The molecule has 0 radical (unpaired) electrons. The lowest BCUT2D eigenvalue weighted by molar-refractivity contribution is -0.143. The van der Waals surface area contributed by atoms with Crippen LogP contribution in [0.25, 0.3) is 0 Å². The first-order valence-corrected chi connectivity index (χ1v) is 4.83. The number of carboxylic acids is 1. The van der Waals surface area contributed by atoms with Crippen molar-refractivity contribution in [1.29, 1.82) is 0 Å². The number of aromatic hydroxyl groups is 1. The molecule has 0 saturated carbocycles. The molecule has 0 saturated heterocycles. The zero-order chi connectivity index (χ0) is 10.9. The Morgan fingerprint density at radius 3 is 2.47 bits per heavy atom. The van der Waals surface area contributed by atoms with E-state index in [0.29, 0.717) is 18.4 Å². The predicted octanol–water partition coefficient (Wildman–Crippen LogP) is 2.06. The van der Waals surface area contributed by atoms with E-state index in [1.165, 1.54) is 6.07 Å². The van der Waals surface area contributed by atoms with Gasteiger partial charge in [-0.1, -0.05) is 24.3 Å². The third-order valence-corrected chi connectivity index (χ3v) is 2.91. The lowest BCUT2D eigenvalue weighted by atomic mass is 9.78. The summed E-state index contributed by atoms with van der Waals surface area (Å²) in [6.07, 6.45) is 4.73. The Labute approximate surface area is 87.7 Å². The van der Waals surface area contributed by atoms with Gasteiger partial charge in [-0.25, -0.2) is 0 Å². The molecule has 2 N–H and O–H groups in total. The number of benzene rings is 1. The Bertz CT molecular complexity index is 413. The Kier molecular flexibility index (Phi) is 2.23. The fourth-order valence-electron chi connectivity index (χ4n) is 1.99. The summed E-state index contributed by atoms with van der Waals surface area (Å²) >= 11 is 0. The first kappa shape index (κ1) is 9.77. The van der Waals surface area contributed by atoms with Crippen LogP contribution in [0.15, 0.2) is 36.4 Å². The summed E-state index contributed by atoms with van der Waals surface area (Å²) < 4.78 is 0. The number of carbonyl (C=O) groups is 1. The number of hydrogen-bond acceptors (Lipinski definition) is 2. The van der Waals surface area contributed by atoms with E-state index in [2.05, 4.69) is 0 Å². The highest BCUT2D eigenvalue weighted by molar-refractivity contribution is 5.82. The van der Waals surface area contributed by atoms with E-state index >= 15 is 0 Å². The zero-order valence-corrected chi connectivity index (χ0v) is 8.18. The third kappa shape index (κ3) is 1.50. The molecule has 1 aromatic carbocycles. The van der Waals surface area contributed by atoms with Crippen molar-refractivity contribution in [1.82, 2.24) is 0 Å². The van der Waals surface area contributed by atoms with Crippen LogP contribution in [-0.2, 0) is 10.2 Å². The molecular weight excluding hydrogens is 192 g/mol. The average molecular weight is 204 g/mol. The summed E-state index contributed by atoms with van der Waals surface area (Å²) in [4.78, 5) is 11.3. The lowest BCUT2D eigenvalue weighted by Gasteiger charge is -2.24. The van der Waals surface area contributed by atoms with Gasteiger partial charge in [0.25, 0.3) is 0 Å². The van der Waals surface area contributed by atoms with E-state index in [1.807, 2.05) is 12.2 Å². The van der Waals surface area contributed by atoms with E-state index in [9.17, 15) is 15.0 Å². The van der Waals surface area contributed by atoms with Gasteiger partial charge in [0.2, 0.25) is 0 Å². The molecule has 0 aliphatic heterocycles. The quantitative estimate of drug-likeness (QED) is 0.725. The first-order valence-electron chi connectivity index (χ1n) is 4.83. The van der Waals surface area contributed by atoms with Gasteiger partial charge < -0.3 is 10.2 Å². The highest BCUT2D eigenvalue weighted by Gasteiger charge is 2.40. The van der Waals surface area contributed by atoms with E-state index in [4.69, 9.17) is 0 Å². The van der Waals surface area contributed by atoms with Gasteiger partial charge in [0.05, 0.1) is 5.41 Å². The molecule has 0 bridgehead atoms. The minimum Gasteiger partial charge on any atom is -0.508 e. The molecule has 0 heterocycles.